The average molecular weight is 401 g/mol. The molecule has 4 aromatic rings. The van der Waals surface area contributed by atoms with Crippen molar-refractivity contribution in [2.75, 3.05) is 13.1 Å². The summed E-state index contributed by atoms with van der Waals surface area (Å²) in [6, 6.07) is 14.0. The van der Waals surface area contributed by atoms with Gasteiger partial charge in [-0.2, -0.15) is 0 Å². The molecule has 8 heteroatoms. The van der Waals surface area contributed by atoms with Crippen molar-refractivity contribution in [1.29, 1.82) is 0 Å². The number of pyridine rings is 2. The number of carbonyl (C=O) groups is 1. The van der Waals surface area contributed by atoms with E-state index in [-0.39, 0.29) is 17.3 Å². The molecule has 0 spiro atoms. The molecule has 2 N–H and O–H groups in total. The Bertz CT molecular complexity index is 1280. The normalized spacial score (nSPS) is 16.2. The minimum atomic E-state index is -0.966. The first kappa shape index (κ1) is 18.3. The van der Waals surface area contributed by atoms with E-state index in [4.69, 9.17) is 5.11 Å². The van der Waals surface area contributed by atoms with Crippen LogP contribution in [-0.2, 0) is 0 Å². The molecule has 1 aliphatic rings. The molecule has 3 aromatic heterocycles. The molecule has 150 valence electrons. The minimum Gasteiger partial charge on any atom is -0.478 e. The molecule has 0 bridgehead atoms. The molecule has 1 aromatic carbocycles. The van der Waals surface area contributed by atoms with Crippen LogP contribution in [0.25, 0.3) is 28.1 Å². The number of aromatic carboxylic acids is 1. The summed E-state index contributed by atoms with van der Waals surface area (Å²) in [7, 11) is 0. The summed E-state index contributed by atoms with van der Waals surface area (Å²) in [6.45, 7) is 1.63. The molecule has 0 saturated carbocycles. The molecule has 1 fully saturated rings. The van der Waals surface area contributed by atoms with Crippen molar-refractivity contribution in [2.45, 2.75) is 12.5 Å². The molecule has 0 amide bonds. The van der Waals surface area contributed by atoms with Gasteiger partial charge >= 0.3 is 11.7 Å². The Kier molecular flexibility index (Phi) is 4.40. The van der Waals surface area contributed by atoms with Crippen molar-refractivity contribution in [1.82, 2.24) is 24.4 Å². The average Bonchev–Trinajstić information content (AvgIpc) is 3.39. The van der Waals surface area contributed by atoms with Crippen LogP contribution in [0.15, 0.2) is 65.7 Å². The maximum Gasteiger partial charge on any atom is 0.335 e. The van der Waals surface area contributed by atoms with Crippen molar-refractivity contribution in [3.05, 3.63) is 77.0 Å². The first-order chi connectivity index (χ1) is 14.6. The topological polar surface area (TPSA) is 102 Å². The second-order valence-corrected chi connectivity index (χ2v) is 7.26. The number of benzene rings is 1. The summed E-state index contributed by atoms with van der Waals surface area (Å²) >= 11 is 0. The predicted molar refractivity (Wildman–Crippen MR) is 112 cm³/mol. The minimum absolute atomic E-state index is 0.0798. The third kappa shape index (κ3) is 2.98. The van der Waals surface area contributed by atoms with E-state index in [9.17, 15) is 9.59 Å². The Labute approximate surface area is 171 Å². The SMILES string of the molecule is O=C(O)c1ccc(-c2ccc(-n3c(=O)n([C@@H]4CCNC4)c4ncccc43)cn2)cc1. The third-order valence-electron chi connectivity index (χ3n) is 5.47. The zero-order valence-corrected chi connectivity index (χ0v) is 16.0. The van der Waals surface area contributed by atoms with Crippen LogP contribution in [0.3, 0.4) is 0 Å². The second-order valence-electron chi connectivity index (χ2n) is 7.26. The fourth-order valence-corrected chi connectivity index (χ4v) is 3.96. The highest BCUT2D eigenvalue weighted by atomic mass is 16.4. The number of nitrogens with zero attached hydrogens (tertiary/aromatic N) is 4. The lowest BCUT2D eigenvalue weighted by atomic mass is 10.1. The van der Waals surface area contributed by atoms with Crippen molar-refractivity contribution in [3.63, 3.8) is 0 Å². The summed E-state index contributed by atoms with van der Waals surface area (Å²) in [5.74, 6) is -0.966. The van der Waals surface area contributed by atoms with Gasteiger partial charge in [-0.3, -0.25) is 14.1 Å². The summed E-state index contributed by atoms with van der Waals surface area (Å²) in [6.07, 6.45) is 4.25. The third-order valence-corrected chi connectivity index (χ3v) is 5.47. The van der Waals surface area contributed by atoms with Crippen molar-refractivity contribution < 1.29 is 9.90 Å². The summed E-state index contributed by atoms with van der Waals surface area (Å²) in [5.41, 5.74) is 3.68. The number of aromatic nitrogens is 4. The number of nitrogens with one attached hydrogen (secondary N) is 1. The Morgan fingerprint density at radius 2 is 1.93 bits per heavy atom. The van der Waals surface area contributed by atoms with E-state index in [1.165, 1.54) is 0 Å². The highest BCUT2D eigenvalue weighted by molar-refractivity contribution is 5.88. The van der Waals surface area contributed by atoms with E-state index in [0.29, 0.717) is 17.0 Å². The van der Waals surface area contributed by atoms with Crippen LogP contribution in [0.5, 0.6) is 0 Å². The zero-order chi connectivity index (χ0) is 20.7. The molecule has 1 saturated heterocycles. The number of rotatable bonds is 4. The van der Waals surface area contributed by atoms with Crippen molar-refractivity contribution >= 4 is 17.1 Å². The molecule has 8 nitrogen and oxygen atoms in total. The van der Waals surface area contributed by atoms with E-state index in [2.05, 4.69) is 15.3 Å². The number of carboxylic acids is 1. The van der Waals surface area contributed by atoms with E-state index in [1.54, 1.807) is 45.8 Å². The first-order valence-corrected chi connectivity index (χ1v) is 9.72. The van der Waals surface area contributed by atoms with Crippen LogP contribution in [0.1, 0.15) is 22.8 Å². The fraction of sp³-hybridized carbons (Fsp3) is 0.182. The maximum atomic E-state index is 13.3. The number of carboxylic acid groups (broad SMARTS) is 1. The molecule has 5 rings (SSSR count). The predicted octanol–water partition coefficient (Wildman–Crippen LogP) is 2.48. The van der Waals surface area contributed by atoms with Gasteiger partial charge < -0.3 is 10.4 Å². The standard InChI is InChI=1S/C22H19N5O3/c28-21(29)15-5-3-14(4-6-15)18-8-7-16(13-25-18)26-19-2-1-10-24-20(19)27(22(26)30)17-9-11-23-12-17/h1-8,10,13,17,23H,9,11-12H2,(H,28,29)/t17-/m1/s1. The van der Waals surface area contributed by atoms with Crippen LogP contribution in [0, 0.1) is 0 Å². The summed E-state index contributed by atoms with van der Waals surface area (Å²) in [4.78, 5) is 33.3. The van der Waals surface area contributed by atoms with Gasteiger partial charge in [-0.1, -0.05) is 12.1 Å². The van der Waals surface area contributed by atoms with Gasteiger partial charge in [0.15, 0.2) is 5.65 Å². The molecule has 4 heterocycles. The van der Waals surface area contributed by atoms with Crippen molar-refractivity contribution in [3.8, 4) is 16.9 Å². The van der Waals surface area contributed by atoms with E-state index >= 15 is 0 Å². The van der Waals surface area contributed by atoms with Gasteiger partial charge in [0.05, 0.1) is 34.7 Å². The lowest BCUT2D eigenvalue weighted by molar-refractivity contribution is 0.0697. The van der Waals surface area contributed by atoms with Gasteiger partial charge in [0.25, 0.3) is 0 Å². The molecule has 0 aliphatic carbocycles. The van der Waals surface area contributed by atoms with Gasteiger partial charge in [0.1, 0.15) is 0 Å². The zero-order valence-electron chi connectivity index (χ0n) is 16.0. The Hall–Kier alpha value is -3.78. The molecular formula is C22H19N5O3. The number of imidazole rings is 1. The van der Waals surface area contributed by atoms with Gasteiger partial charge in [-0.25, -0.2) is 14.6 Å². The van der Waals surface area contributed by atoms with Crippen LogP contribution in [-0.4, -0.2) is 43.3 Å². The molecule has 1 atom stereocenters. The molecule has 0 radical (unpaired) electrons. The highest BCUT2D eigenvalue weighted by Gasteiger charge is 2.24. The largest absolute Gasteiger partial charge is 0.478 e. The Balaban J connectivity index is 1.57. The number of hydrogen-bond acceptors (Lipinski definition) is 5. The Morgan fingerprint density at radius 1 is 1.10 bits per heavy atom. The fourth-order valence-electron chi connectivity index (χ4n) is 3.96. The smallest absolute Gasteiger partial charge is 0.335 e. The summed E-state index contributed by atoms with van der Waals surface area (Å²) < 4.78 is 3.42. The van der Waals surface area contributed by atoms with Crippen LogP contribution >= 0.6 is 0 Å². The van der Waals surface area contributed by atoms with Gasteiger partial charge in [0.2, 0.25) is 0 Å². The highest BCUT2D eigenvalue weighted by Crippen LogP contribution is 2.23. The maximum absolute atomic E-state index is 13.3. The molecular weight excluding hydrogens is 382 g/mol. The van der Waals surface area contributed by atoms with Gasteiger partial charge in [0, 0.05) is 18.3 Å². The summed E-state index contributed by atoms with van der Waals surface area (Å²) in [5, 5.41) is 12.3. The van der Waals surface area contributed by atoms with Crippen LogP contribution in [0.2, 0.25) is 0 Å². The number of fused-ring (bicyclic) bond motifs is 1. The molecule has 0 unspecified atom stereocenters. The number of hydrogen-bond donors (Lipinski definition) is 2. The quantitative estimate of drug-likeness (QED) is 0.545. The lowest BCUT2D eigenvalue weighted by Gasteiger charge is -2.09. The van der Waals surface area contributed by atoms with Gasteiger partial charge in [-0.15, -0.1) is 0 Å². The molecule has 30 heavy (non-hydrogen) atoms. The van der Waals surface area contributed by atoms with E-state index in [0.717, 1.165) is 30.6 Å². The monoisotopic (exact) mass is 401 g/mol. The second kappa shape index (κ2) is 7.23. The van der Waals surface area contributed by atoms with E-state index in [1.807, 2.05) is 24.3 Å². The Morgan fingerprint density at radius 3 is 2.60 bits per heavy atom. The van der Waals surface area contributed by atoms with E-state index < -0.39 is 5.97 Å². The first-order valence-electron chi connectivity index (χ1n) is 9.72. The van der Waals surface area contributed by atoms with Crippen molar-refractivity contribution in [2.24, 2.45) is 0 Å². The molecule has 1 aliphatic heterocycles. The van der Waals surface area contributed by atoms with Gasteiger partial charge in [-0.05, 0) is 49.4 Å². The van der Waals surface area contributed by atoms with Crippen LogP contribution < -0.4 is 11.0 Å². The van der Waals surface area contributed by atoms with Crippen LogP contribution in [0.4, 0.5) is 0 Å². The lowest BCUT2D eigenvalue weighted by Crippen LogP contribution is -2.28.